The summed E-state index contributed by atoms with van der Waals surface area (Å²) in [6.07, 6.45) is 2.64. The summed E-state index contributed by atoms with van der Waals surface area (Å²) in [5.41, 5.74) is 2.51. The SMILES string of the molecule is CNC(CNC1CC1)c1cc(C)ccc1OC. The number of rotatable bonds is 6. The number of likely N-dealkylation sites (N-methyl/N-ethyl adjacent to an activating group) is 1. The van der Waals surface area contributed by atoms with Gasteiger partial charge in [-0.25, -0.2) is 0 Å². The van der Waals surface area contributed by atoms with Crippen LogP contribution in [0.5, 0.6) is 5.75 Å². The molecule has 1 fully saturated rings. The Bertz CT molecular complexity index is 374. The predicted molar refractivity (Wildman–Crippen MR) is 70.6 cm³/mol. The molecule has 3 nitrogen and oxygen atoms in total. The second kappa shape index (κ2) is 5.52. The number of aryl methyl sites for hydroxylation is 1. The molecule has 17 heavy (non-hydrogen) atoms. The molecule has 1 saturated carbocycles. The monoisotopic (exact) mass is 234 g/mol. The van der Waals surface area contributed by atoms with Crippen LogP contribution in [0.2, 0.25) is 0 Å². The van der Waals surface area contributed by atoms with Crippen molar-refractivity contribution in [3.8, 4) is 5.75 Å². The maximum atomic E-state index is 5.44. The zero-order valence-corrected chi connectivity index (χ0v) is 10.9. The number of methoxy groups -OCH3 is 1. The molecule has 1 unspecified atom stereocenters. The van der Waals surface area contributed by atoms with E-state index in [9.17, 15) is 0 Å². The second-order valence-corrected chi connectivity index (χ2v) is 4.77. The summed E-state index contributed by atoms with van der Waals surface area (Å²) in [6, 6.07) is 7.39. The molecule has 0 aromatic heterocycles. The molecule has 1 aromatic rings. The predicted octanol–water partition coefficient (Wildman–Crippen LogP) is 2.02. The lowest BCUT2D eigenvalue weighted by Crippen LogP contribution is -2.31. The highest BCUT2D eigenvalue weighted by Gasteiger charge is 2.23. The summed E-state index contributed by atoms with van der Waals surface area (Å²) < 4.78 is 5.44. The van der Waals surface area contributed by atoms with Gasteiger partial charge < -0.3 is 15.4 Å². The van der Waals surface area contributed by atoms with Gasteiger partial charge in [-0.05, 0) is 32.9 Å². The smallest absolute Gasteiger partial charge is 0.123 e. The molecule has 0 radical (unpaired) electrons. The van der Waals surface area contributed by atoms with Gasteiger partial charge >= 0.3 is 0 Å². The van der Waals surface area contributed by atoms with Crippen LogP contribution in [0.1, 0.15) is 30.0 Å². The zero-order chi connectivity index (χ0) is 12.3. The number of ether oxygens (including phenoxy) is 1. The minimum Gasteiger partial charge on any atom is -0.496 e. The van der Waals surface area contributed by atoms with Crippen LogP contribution in [0.4, 0.5) is 0 Å². The van der Waals surface area contributed by atoms with Crippen molar-refractivity contribution < 1.29 is 4.74 Å². The minimum atomic E-state index is 0.311. The molecule has 0 aliphatic heterocycles. The van der Waals surface area contributed by atoms with E-state index in [4.69, 9.17) is 4.74 Å². The largest absolute Gasteiger partial charge is 0.496 e. The Morgan fingerprint density at radius 3 is 2.76 bits per heavy atom. The van der Waals surface area contributed by atoms with Crippen LogP contribution in [0.3, 0.4) is 0 Å². The summed E-state index contributed by atoms with van der Waals surface area (Å²) in [6.45, 7) is 3.07. The van der Waals surface area contributed by atoms with Crippen LogP contribution < -0.4 is 15.4 Å². The first-order chi connectivity index (χ1) is 8.24. The third-order valence-electron chi connectivity index (χ3n) is 3.30. The Labute approximate surface area is 104 Å². The van der Waals surface area contributed by atoms with Gasteiger partial charge in [-0.15, -0.1) is 0 Å². The van der Waals surface area contributed by atoms with Crippen LogP contribution in [0.25, 0.3) is 0 Å². The number of benzene rings is 1. The zero-order valence-electron chi connectivity index (χ0n) is 10.9. The van der Waals surface area contributed by atoms with Gasteiger partial charge in [0.1, 0.15) is 5.75 Å². The van der Waals surface area contributed by atoms with E-state index in [2.05, 4.69) is 29.7 Å². The van der Waals surface area contributed by atoms with Gasteiger partial charge in [0.05, 0.1) is 7.11 Å². The molecule has 2 N–H and O–H groups in total. The molecule has 0 spiro atoms. The van der Waals surface area contributed by atoms with Crippen LogP contribution in [0, 0.1) is 6.92 Å². The highest BCUT2D eigenvalue weighted by Crippen LogP contribution is 2.27. The third kappa shape index (κ3) is 3.20. The molecular weight excluding hydrogens is 212 g/mol. The van der Waals surface area contributed by atoms with E-state index < -0.39 is 0 Å². The molecule has 0 saturated heterocycles. The molecule has 3 heteroatoms. The summed E-state index contributed by atoms with van der Waals surface area (Å²) in [4.78, 5) is 0. The Morgan fingerprint density at radius 1 is 1.41 bits per heavy atom. The van der Waals surface area contributed by atoms with Crippen molar-refractivity contribution in [1.82, 2.24) is 10.6 Å². The number of hydrogen-bond donors (Lipinski definition) is 2. The summed E-state index contributed by atoms with van der Waals surface area (Å²) in [5.74, 6) is 0.965. The van der Waals surface area contributed by atoms with Crippen molar-refractivity contribution in [2.75, 3.05) is 20.7 Å². The van der Waals surface area contributed by atoms with E-state index in [1.807, 2.05) is 13.1 Å². The van der Waals surface area contributed by atoms with Crippen molar-refractivity contribution in [2.24, 2.45) is 0 Å². The highest BCUT2D eigenvalue weighted by molar-refractivity contribution is 5.39. The van der Waals surface area contributed by atoms with Gasteiger partial charge in [-0.2, -0.15) is 0 Å². The van der Waals surface area contributed by atoms with Crippen molar-refractivity contribution in [1.29, 1.82) is 0 Å². The van der Waals surface area contributed by atoms with E-state index in [1.54, 1.807) is 7.11 Å². The lowest BCUT2D eigenvalue weighted by Gasteiger charge is -2.20. The Balaban J connectivity index is 2.12. The van der Waals surface area contributed by atoms with Crippen molar-refractivity contribution in [2.45, 2.75) is 31.8 Å². The lowest BCUT2D eigenvalue weighted by molar-refractivity contribution is 0.398. The first kappa shape index (κ1) is 12.4. The van der Waals surface area contributed by atoms with E-state index >= 15 is 0 Å². The Hall–Kier alpha value is -1.06. The molecule has 1 aromatic carbocycles. The maximum Gasteiger partial charge on any atom is 0.123 e. The summed E-state index contributed by atoms with van der Waals surface area (Å²) >= 11 is 0. The molecule has 1 atom stereocenters. The van der Waals surface area contributed by atoms with Crippen molar-refractivity contribution in [3.05, 3.63) is 29.3 Å². The average Bonchev–Trinajstić information content (AvgIpc) is 3.14. The molecule has 0 amide bonds. The van der Waals surface area contributed by atoms with Crippen molar-refractivity contribution >= 4 is 0 Å². The van der Waals surface area contributed by atoms with E-state index in [0.717, 1.165) is 18.3 Å². The summed E-state index contributed by atoms with van der Waals surface area (Å²) in [7, 11) is 3.73. The Morgan fingerprint density at radius 2 is 2.18 bits per heavy atom. The maximum absolute atomic E-state index is 5.44. The fourth-order valence-corrected chi connectivity index (χ4v) is 2.07. The van der Waals surface area contributed by atoms with Gasteiger partial charge in [0, 0.05) is 24.2 Å². The molecule has 1 aliphatic rings. The first-order valence-corrected chi connectivity index (χ1v) is 6.29. The molecule has 2 rings (SSSR count). The molecular formula is C14H22N2O. The fourth-order valence-electron chi connectivity index (χ4n) is 2.07. The van der Waals surface area contributed by atoms with Crippen LogP contribution in [-0.2, 0) is 0 Å². The quantitative estimate of drug-likeness (QED) is 0.790. The number of nitrogens with one attached hydrogen (secondary N) is 2. The molecule has 0 heterocycles. The molecule has 0 bridgehead atoms. The van der Waals surface area contributed by atoms with Gasteiger partial charge in [-0.1, -0.05) is 17.7 Å². The van der Waals surface area contributed by atoms with Crippen LogP contribution in [0.15, 0.2) is 18.2 Å². The van der Waals surface area contributed by atoms with Gasteiger partial charge in [0.2, 0.25) is 0 Å². The highest BCUT2D eigenvalue weighted by atomic mass is 16.5. The molecule has 94 valence electrons. The van der Waals surface area contributed by atoms with Gasteiger partial charge in [-0.3, -0.25) is 0 Å². The van der Waals surface area contributed by atoms with E-state index in [-0.39, 0.29) is 0 Å². The van der Waals surface area contributed by atoms with Crippen LogP contribution in [-0.4, -0.2) is 26.7 Å². The van der Waals surface area contributed by atoms with Crippen molar-refractivity contribution in [3.63, 3.8) is 0 Å². The fraction of sp³-hybridized carbons (Fsp3) is 0.571. The lowest BCUT2D eigenvalue weighted by atomic mass is 10.0. The Kier molecular flexibility index (Phi) is 4.02. The summed E-state index contributed by atoms with van der Waals surface area (Å²) in [5, 5.41) is 6.92. The van der Waals surface area contributed by atoms with Crippen LogP contribution >= 0.6 is 0 Å². The standard InChI is InChI=1S/C14H22N2O/c1-10-4-7-14(17-3)12(8-10)13(15-2)9-16-11-5-6-11/h4,7-8,11,13,15-16H,5-6,9H2,1-3H3. The topological polar surface area (TPSA) is 33.3 Å². The van der Waals surface area contributed by atoms with Gasteiger partial charge in [0.15, 0.2) is 0 Å². The minimum absolute atomic E-state index is 0.311. The molecule has 1 aliphatic carbocycles. The van der Waals surface area contributed by atoms with E-state index in [1.165, 1.54) is 24.0 Å². The average molecular weight is 234 g/mol. The normalized spacial score (nSPS) is 16.9. The first-order valence-electron chi connectivity index (χ1n) is 6.29. The van der Waals surface area contributed by atoms with Gasteiger partial charge in [0.25, 0.3) is 0 Å². The number of hydrogen-bond acceptors (Lipinski definition) is 3. The third-order valence-corrected chi connectivity index (χ3v) is 3.30. The van der Waals surface area contributed by atoms with E-state index in [0.29, 0.717) is 6.04 Å². The second-order valence-electron chi connectivity index (χ2n) is 4.77.